The van der Waals surface area contributed by atoms with Crippen molar-refractivity contribution in [2.75, 3.05) is 25.0 Å². The third-order valence-corrected chi connectivity index (χ3v) is 6.84. The fourth-order valence-corrected chi connectivity index (χ4v) is 5.25. The second kappa shape index (κ2) is 9.83. The molecule has 8 heteroatoms. The minimum absolute atomic E-state index is 0.0170. The van der Waals surface area contributed by atoms with Gasteiger partial charge in [0.2, 0.25) is 11.8 Å². The van der Waals surface area contributed by atoms with Crippen molar-refractivity contribution in [3.63, 3.8) is 0 Å². The largest absolute Gasteiger partial charge is 0.462 e. The molecule has 2 aromatic rings. The number of benzene rings is 1. The average molecular weight is 456 g/mol. The van der Waals surface area contributed by atoms with Crippen LogP contribution in [-0.4, -0.2) is 54.5 Å². The first-order chi connectivity index (χ1) is 15.5. The molecule has 1 aromatic carbocycles. The number of hydrogen-bond donors (Lipinski definition) is 2. The molecule has 2 fully saturated rings. The van der Waals surface area contributed by atoms with Gasteiger partial charge in [-0.25, -0.2) is 4.79 Å². The number of likely N-dealkylation sites (tertiary alicyclic amines) is 1. The molecule has 2 heterocycles. The molecule has 1 saturated carbocycles. The number of rotatable bonds is 8. The number of carbonyl (C=O) groups is 3. The Hall–Kier alpha value is -2.71. The van der Waals surface area contributed by atoms with Gasteiger partial charge in [0.05, 0.1) is 19.2 Å². The summed E-state index contributed by atoms with van der Waals surface area (Å²) in [6.07, 6.45) is 3.73. The Bertz CT molecular complexity index is 1000. The Balaban J connectivity index is 1.52. The van der Waals surface area contributed by atoms with Gasteiger partial charge in [-0.2, -0.15) is 0 Å². The standard InChI is InChI=1S/C24H29N3O4S/c1-3-31-24(30)21-20(16-8-5-4-6-9-16)15(2)32-23(21)26-19(28)14-27-13-7-10-18(27)22(29)25-17-11-12-17/h4-6,8-9,17-18H,3,7,10-14H2,1-2H3,(H,25,29)(H,26,28)/t18-/m1/s1. The highest BCUT2D eigenvalue weighted by molar-refractivity contribution is 7.17. The summed E-state index contributed by atoms with van der Waals surface area (Å²) in [5.74, 6) is -0.667. The maximum absolute atomic E-state index is 12.9. The zero-order valence-corrected chi connectivity index (χ0v) is 19.3. The van der Waals surface area contributed by atoms with E-state index < -0.39 is 5.97 Å². The van der Waals surface area contributed by atoms with Crippen molar-refractivity contribution in [3.8, 4) is 11.1 Å². The maximum atomic E-state index is 12.9. The number of ether oxygens (including phenoxy) is 1. The molecule has 2 aliphatic rings. The van der Waals surface area contributed by atoms with Gasteiger partial charge in [-0.1, -0.05) is 30.3 Å². The van der Waals surface area contributed by atoms with Crippen LogP contribution in [0.5, 0.6) is 0 Å². The van der Waals surface area contributed by atoms with Crippen LogP contribution in [0.4, 0.5) is 5.00 Å². The van der Waals surface area contributed by atoms with Gasteiger partial charge in [-0.05, 0) is 51.6 Å². The van der Waals surface area contributed by atoms with E-state index in [1.165, 1.54) is 11.3 Å². The molecule has 1 aliphatic carbocycles. The molecule has 0 spiro atoms. The third-order valence-electron chi connectivity index (χ3n) is 5.82. The summed E-state index contributed by atoms with van der Waals surface area (Å²) >= 11 is 1.37. The predicted octanol–water partition coefficient (Wildman–Crippen LogP) is 3.58. The van der Waals surface area contributed by atoms with Crippen LogP contribution < -0.4 is 10.6 Å². The molecule has 1 atom stereocenters. The van der Waals surface area contributed by atoms with Gasteiger partial charge in [0.15, 0.2) is 0 Å². The lowest BCUT2D eigenvalue weighted by atomic mass is 10.0. The maximum Gasteiger partial charge on any atom is 0.341 e. The molecule has 4 rings (SSSR count). The van der Waals surface area contributed by atoms with E-state index in [-0.39, 0.29) is 31.0 Å². The third kappa shape index (κ3) is 5.02. The van der Waals surface area contributed by atoms with Gasteiger partial charge < -0.3 is 15.4 Å². The minimum Gasteiger partial charge on any atom is -0.462 e. The van der Waals surface area contributed by atoms with Gasteiger partial charge in [0.1, 0.15) is 10.6 Å². The van der Waals surface area contributed by atoms with Crippen molar-refractivity contribution < 1.29 is 19.1 Å². The SMILES string of the molecule is CCOC(=O)c1c(NC(=O)CN2CCC[C@@H]2C(=O)NC2CC2)sc(C)c1-c1ccccc1. The molecule has 1 aliphatic heterocycles. The molecule has 2 amide bonds. The molecule has 0 radical (unpaired) electrons. The topological polar surface area (TPSA) is 87.7 Å². The van der Waals surface area contributed by atoms with E-state index in [1.54, 1.807) is 6.92 Å². The monoisotopic (exact) mass is 455 g/mol. The molecule has 0 bridgehead atoms. The van der Waals surface area contributed by atoms with E-state index in [4.69, 9.17) is 4.74 Å². The summed E-state index contributed by atoms with van der Waals surface area (Å²) in [5.41, 5.74) is 2.08. The minimum atomic E-state index is -0.450. The number of aryl methyl sites for hydroxylation is 1. The highest BCUT2D eigenvalue weighted by atomic mass is 32.1. The first-order valence-corrected chi connectivity index (χ1v) is 12.0. The number of nitrogens with one attached hydrogen (secondary N) is 2. The normalized spacial score (nSPS) is 18.4. The second-order valence-electron chi connectivity index (χ2n) is 8.28. The molecule has 1 aromatic heterocycles. The first kappa shape index (κ1) is 22.5. The highest BCUT2D eigenvalue weighted by Crippen LogP contribution is 2.40. The molecule has 7 nitrogen and oxygen atoms in total. The summed E-state index contributed by atoms with van der Waals surface area (Å²) in [4.78, 5) is 41.1. The lowest BCUT2D eigenvalue weighted by molar-refractivity contribution is -0.126. The van der Waals surface area contributed by atoms with Crippen LogP contribution in [0.15, 0.2) is 30.3 Å². The Kier molecular flexibility index (Phi) is 6.91. The van der Waals surface area contributed by atoms with E-state index >= 15 is 0 Å². The van der Waals surface area contributed by atoms with E-state index in [0.29, 0.717) is 23.2 Å². The van der Waals surface area contributed by atoms with Crippen molar-refractivity contribution in [1.29, 1.82) is 0 Å². The molecule has 32 heavy (non-hydrogen) atoms. The number of esters is 1. The zero-order valence-electron chi connectivity index (χ0n) is 18.5. The highest BCUT2D eigenvalue weighted by Gasteiger charge is 2.35. The Morgan fingerprint density at radius 3 is 2.59 bits per heavy atom. The molecular formula is C24H29N3O4S. The van der Waals surface area contributed by atoms with Crippen molar-refractivity contribution >= 4 is 34.1 Å². The summed E-state index contributed by atoms with van der Waals surface area (Å²) in [6.45, 7) is 4.77. The van der Waals surface area contributed by atoms with E-state index in [0.717, 1.165) is 41.7 Å². The summed E-state index contributed by atoms with van der Waals surface area (Å²) in [5, 5.41) is 6.46. The number of amides is 2. The van der Waals surface area contributed by atoms with Gasteiger partial charge in [-0.3, -0.25) is 14.5 Å². The van der Waals surface area contributed by atoms with Gasteiger partial charge >= 0.3 is 5.97 Å². The number of nitrogens with zero attached hydrogens (tertiary/aromatic N) is 1. The molecular weight excluding hydrogens is 426 g/mol. The summed E-state index contributed by atoms with van der Waals surface area (Å²) < 4.78 is 5.30. The molecule has 1 saturated heterocycles. The second-order valence-corrected chi connectivity index (χ2v) is 9.51. The number of anilines is 1. The van der Waals surface area contributed by atoms with Crippen LogP contribution in [0.1, 0.15) is 47.8 Å². The quantitative estimate of drug-likeness (QED) is 0.594. The molecule has 0 unspecified atom stereocenters. The zero-order chi connectivity index (χ0) is 22.7. The Morgan fingerprint density at radius 1 is 1.16 bits per heavy atom. The summed E-state index contributed by atoms with van der Waals surface area (Å²) in [6, 6.07) is 9.67. The van der Waals surface area contributed by atoms with Gasteiger partial charge in [-0.15, -0.1) is 11.3 Å². The van der Waals surface area contributed by atoms with Crippen molar-refractivity contribution in [1.82, 2.24) is 10.2 Å². The first-order valence-electron chi connectivity index (χ1n) is 11.2. The van der Waals surface area contributed by atoms with E-state index in [2.05, 4.69) is 10.6 Å². The fourth-order valence-electron chi connectivity index (χ4n) is 4.17. The number of carbonyl (C=O) groups excluding carboxylic acids is 3. The van der Waals surface area contributed by atoms with Crippen molar-refractivity contribution in [2.24, 2.45) is 0 Å². The van der Waals surface area contributed by atoms with Gasteiger partial charge in [0.25, 0.3) is 0 Å². The Morgan fingerprint density at radius 2 is 1.91 bits per heavy atom. The lowest BCUT2D eigenvalue weighted by Gasteiger charge is -2.23. The van der Waals surface area contributed by atoms with Crippen LogP contribution in [-0.2, 0) is 14.3 Å². The van der Waals surface area contributed by atoms with Crippen LogP contribution in [0, 0.1) is 6.92 Å². The van der Waals surface area contributed by atoms with Crippen LogP contribution >= 0.6 is 11.3 Å². The predicted molar refractivity (Wildman–Crippen MR) is 125 cm³/mol. The average Bonchev–Trinajstić information content (AvgIpc) is 3.35. The molecule has 2 N–H and O–H groups in total. The van der Waals surface area contributed by atoms with Gasteiger partial charge in [0, 0.05) is 16.5 Å². The number of thiophene rings is 1. The van der Waals surface area contributed by atoms with E-state index in [1.807, 2.05) is 42.2 Å². The van der Waals surface area contributed by atoms with E-state index in [9.17, 15) is 14.4 Å². The van der Waals surface area contributed by atoms with Crippen LogP contribution in [0.25, 0.3) is 11.1 Å². The Labute approximate surface area is 192 Å². The summed E-state index contributed by atoms with van der Waals surface area (Å²) in [7, 11) is 0. The van der Waals surface area contributed by atoms with Crippen LogP contribution in [0.3, 0.4) is 0 Å². The van der Waals surface area contributed by atoms with Crippen LogP contribution in [0.2, 0.25) is 0 Å². The van der Waals surface area contributed by atoms with Crippen molar-refractivity contribution in [3.05, 3.63) is 40.8 Å². The smallest absolute Gasteiger partial charge is 0.341 e. The van der Waals surface area contributed by atoms with Crippen molar-refractivity contribution in [2.45, 2.75) is 51.6 Å². The molecule has 170 valence electrons. The fraction of sp³-hybridized carbons (Fsp3) is 0.458. The number of hydrogen-bond acceptors (Lipinski definition) is 6. The lowest BCUT2D eigenvalue weighted by Crippen LogP contribution is -2.46.